The molecule has 4 rings (SSSR count). The molecule has 7 heteroatoms. The summed E-state index contributed by atoms with van der Waals surface area (Å²) in [6, 6.07) is 29.8. The number of ether oxygens (including phenoxy) is 1. The van der Waals surface area contributed by atoms with Gasteiger partial charge in [-0.05, 0) is 53.6 Å². The van der Waals surface area contributed by atoms with Crippen LogP contribution in [0.3, 0.4) is 0 Å². The quantitative estimate of drug-likeness (QED) is 0.317. The van der Waals surface area contributed by atoms with E-state index in [1.165, 1.54) is 6.07 Å². The van der Waals surface area contributed by atoms with Crippen molar-refractivity contribution in [2.45, 2.75) is 13.1 Å². The maximum absolute atomic E-state index is 13.5. The lowest BCUT2D eigenvalue weighted by atomic mass is 10.0. The molecule has 0 saturated carbocycles. The van der Waals surface area contributed by atoms with E-state index < -0.39 is 23.4 Å². The first-order chi connectivity index (χ1) is 17.4. The van der Waals surface area contributed by atoms with Crippen molar-refractivity contribution in [2.24, 2.45) is 0 Å². The Morgan fingerprint density at radius 1 is 0.611 bits per heavy atom. The fraction of sp³-hybridized carbons (Fsp3) is 0.0690. The number of benzene rings is 4. The van der Waals surface area contributed by atoms with E-state index in [9.17, 15) is 24.6 Å². The smallest absolute Gasteiger partial charge is 0.336 e. The summed E-state index contributed by atoms with van der Waals surface area (Å²) in [7, 11) is 0. The van der Waals surface area contributed by atoms with Crippen LogP contribution in [-0.2, 0) is 13.1 Å². The van der Waals surface area contributed by atoms with Gasteiger partial charge in [-0.2, -0.15) is 0 Å². The van der Waals surface area contributed by atoms with Crippen molar-refractivity contribution in [2.75, 3.05) is 0 Å². The molecule has 0 heterocycles. The molecule has 4 aromatic carbocycles. The van der Waals surface area contributed by atoms with Crippen LogP contribution in [0.4, 0.5) is 0 Å². The molecular weight excluding hydrogens is 458 g/mol. The number of rotatable bonds is 9. The van der Waals surface area contributed by atoms with Crippen molar-refractivity contribution in [3.63, 3.8) is 0 Å². The van der Waals surface area contributed by atoms with Crippen molar-refractivity contribution in [3.8, 4) is 11.5 Å². The van der Waals surface area contributed by atoms with E-state index in [1.54, 1.807) is 4.90 Å². The van der Waals surface area contributed by atoms with Crippen LogP contribution in [-0.4, -0.2) is 33.0 Å². The van der Waals surface area contributed by atoms with Crippen molar-refractivity contribution in [3.05, 3.63) is 131 Å². The number of aromatic carboxylic acids is 2. The summed E-state index contributed by atoms with van der Waals surface area (Å²) < 4.78 is 5.83. The van der Waals surface area contributed by atoms with Gasteiger partial charge in [-0.1, -0.05) is 60.7 Å². The monoisotopic (exact) mass is 481 g/mol. The second-order valence-corrected chi connectivity index (χ2v) is 8.08. The molecule has 0 radical (unpaired) electrons. The average molecular weight is 482 g/mol. The number of amides is 1. The number of carbonyl (C=O) groups excluding carboxylic acids is 1. The van der Waals surface area contributed by atoms with Gasteiger partial charge in [0.1, 0.15) is 11.5 Å². The molecule has 7 nitrogen and oxygen atoms in total. The third kappa shape index (κ3) is 5.95. The second-order valence-electron chi connectivity index (χ2n) is 8.08. The number of hydrogen-bond acceptors (Lipinski definition) is 4. The van der Waals surface area contributed by atoms with Gasteiger partial charge < -0.3 is 19.8 Å². The summed E-state index contributed by atoms with van der Waals surface area (Å²) in [4.78, 5) is 38.1. The lowest BCUT2D eigenvalue weighted by Gasteiger charge is -2.24. The third-order valence-corrected chi connectivity index (χ3v) is 5.51. The number of carbonyl (C=O) groups is 3. The predicted molar refractivity (Wildman–Crippen MR) is 133 cm³/mol. The fourth-order valence-corrected chi connectivity index (χ4v) is 3.73. The molecule has 0 atom stereocenters. The summed E-state index contributed by atoms with van der Waals surface area (Å²) in [5.74, 6) is -1.83. The zero-order chi connectivity index (χ0) is 25.5. The summed E-state index contributed by atoms with van der Waals surface area (Å²) in [5, 5.41) is 18.8. The van der Waals surface area contributed by atoms with Crippen LogP contribution in [0.2, 0.25) is 0 Å². The van der Waals surface area contributed by atoms with Crippen LogP contribution in [0.25, 0.3) is 0 Å². The van der Waals surface area contributed by atoms with Crippen LogP contribution < -0.4 is 4.74 Å². The van der Waals surface area contributed by atoms with E-state index >= 15 is 0 Å². The molecular formula is C29H23NO6. The van der Waals surface area contributed by atoms with E-state index in [4.69, 9.17) is 4.74 Å². The van der Waals surface area contributed by atoms with Crippen LogP contribution in [0.5, 0.6) is 11.5 Å². The first kappa shape index (κ1) is 24.2. The molecule has 0 fully saturated rings. The first-order valence-corrected chi connectivity index (χ1v) is 11.2. The Balaban J connectivity index is 1.60. The van der Waals surface area contributed by atoms with Crippen LogP contribution in [0.15, 0.2) is 103 Å². The van der Waals surface area contributed by atoms with Gasteiger partial charge in [0.15, 0.2) is 0 Å². The van der Waals surface area contributed by atoms with Gasteiger partial charge in [0.05, 0.1) is 11.1 Å². The number of carboxylic acids is 2. The number of hydrogen-bond donors (Lipinski definition) is 2. The number of carboxylic acid groups (broad SMARTS) is 2. The lowest BCUT2D eigenvalue weighted by Crippen LogP contribution is -2.30. The Hall–Kier alpha value is -4.91. The Morgan fingerprint density at radius 2 is 1.14 bits per heavy atom. The van der Waals surface area contributed by atoms with Gasteiger partial charge in [-0.3, -0.25) is 4.79 Å². The topological polar surface area (TPSA) is 104 Å². The molecule has 0 aliphatic rings. The molecule has 36 heavy (non-hydrogen) atoms. The Kier molecular flexibility index (Phi) is 7.41. The molecule has 0 spiro atoms. The molecule has 0 aliphatic heterocycles. The molecule has 0 aromatic heterocycles. The van der Waals surface area contributed by atoms with Gasteiger partial charge >= 0.3 is 11.9 Å². The van der Waals surface area contributed by atoms with E-state index in [2.05, 4.69) is 0 Å². The highest BCUT2D eigenvalue weighted by Crippen LogP contribution is 2.23. The zero-order valence-electron chi connectivity index (χ0n) is 19.2. The average Bonchev–Trinajstić information content (AvgIpc) is 2.89. The first-order valence-electron chi connectivity index (χ1n) is 11.2. The third-order valence-electron chi connectivity index (χ3n) is 5.51. The van der Waals surface area contributed by atoms with Gasteiger partial charge in [-0.25, -0.2) is 9.59 Å². The molecule has 0 saturated heterocycles. The highest BCUT2D eigenvalue weighted by Gasteiger charge is 2.22. The van der Waals surface area contributed by atoms with Crippen LogP contribution in [0.1, 0.15) is 42.2 Å². The Morgan fingerprint density at radius 3 is 1.72 bits per heavy atom. The standard InChI is InChI=1S/C29H23NO6/c31-27(22-13-16-25(28(32)33)26(17-22)29(34)35)30(18-20-7-3-1-4-8-20)19-21-11-14-24(15-12-21)36-23-9-5-2-6-10-23/h1-17H,18-19H2,(H,32,33)(H,34,35). The van der Waals surface area contributed by atoms with E-state index in [-0.39, 0.29) is 24.2 Å². The van der Waals surface area contributed by atoms with Crippen molar-refractivity contribution < 1.29 is 29.3 Å². The highest BCUT2D eigenvalue weighted by atomic mass is 16.5. The van der Waals surface area contributed by atoms with Crippen molar-refractivity contribution >= 4 is 17.8 Å². The summed E-state index contributed by atoms with van der Waals surface area (Å²) in [6.45, 7) is 0.535. The molecule has 1 amide bonds. The Labute approximate surface area is 207 Å². The molecule has 2 N–H and O–H groups in total. The normalized spacial score (nSPS) is 10.4. The number of nitrogens with zero attached hydrogens (tertiary/aromatic N) is 1. The van der Waals surface area contributed by atoms with Gasteiger partial charge in [0.25, 0.3) is 5.91 Å². The lowest BCUT2D eigenvalue weighted by molar-refractivity contribution is 0.0650. The Bertz CT molecular complexity index is 1370. The maximum Gasteiger partial charge on any atom is 0.336 e. The van der Waals surface area contributed by atoms with Crippen LogP contribution >= 0.6 is 0 Å². The number of para-hydroxylation sites is 1. The van der Waals surface area contributed by atoms with E-state index in [0.717, 1.165) is 23.3 Å². The predicted octanol–water partition coefficient (Wildman–Crippen LogP) is 5.72. The SMILES string of the molecule is O=C(O)c1ccc(C(=O)N(Cc2ccccc2)Cc2ccc(Oc3ccccc3)cc2)cc1C(=O)O. The second kappa shape index (κ2) is 11.0. The summed E-state index contributed by atoms with van der Waals surface area (Å²) in [6.07, 6.45) is 0. The minimum atomic E-state index is -1.41. The largest absolute Gasteiger partial charge is 0.478 e. The maximum atomic E-state index is 13.5. The molecule has 0 aliphatic carbocycles. The molecule has 0 unspecified atom stereocenters. The van der Waals surface area contributed by atoms with Gasteiger partial charge in [0, 0.05) is 18.7 Å². The fourth-order valence-electron chi connectivity index (χ4n) is 3.73. The van der Waals surface area contributed by atoms with Crippen molar-refractivity contribution in [1.82, 2.24) is 4.90 Å². The molecule has 180 valence electrons. The van der Waals surface area contributed by atoms with Gasteiger partial charge in [0.2, 0.25) is 0 Å². The van der Waals surface area contributed by atoms with E-state index in [0.29, 0.717) is 11.5 Å². The zero-order valence-corrected chi connectivity index (χ0v) is 19.2. The minimum absolute atomic E-state index is 0.0948. The van der Waals surface area contributed by atoms with Gasteiger partial charge in [-0.15, -0.1) is 0 Å². The molecule has 0 bridgehead atoms. The van der Waals surface area contributed by atoms with E-state index in [1.807, 2.05) is 84.9 Å². The summed E-state index contributed by atoms with van der Waals surface area (Å²) in [5.41, 5.74) is 1.03. The molecule has 4 aromatic rings. The highest BCUT2D eigenvalue weighted by molar-refractivity contribution is 6.04. The summed E-state index contributed by atoms with van der Waals surface area (Å²) >= 11 is 0. The van der Waals surface area contributed by atoms with Crippen molar-refractivity contribution in [1.29, 1.82) is 0 Å². The minimum Gasteiger partial charge on any atom is -0.478 e. The van der Waals surface area contributed by atoms with Crippen LogP contribution in [0, 0.1) is 0 Å².